The molecule has 0 saturated heterocycles. The first-order valence-corrected chi connectivity index (χ1v) is 10.5. The van der Waals surface area contributed by atoms with Gasteiger partial charge in [-0.25, -0.2) is 0 Å². The van der Waals surface area contributed by atoms with Gasteiger partial charge in [-0.2, -0.15) is 0 Å². The standard InChI is InChI=1S/C12H25N3O2.C7H16N2O.CH3NO/c1-10(2)14-7-5-4-6-11(3)15-12(17)8-13-9-16;1-4-8-7(10)5-9-6(2)3;2-1-3/h9-11,14H,4-8H2,1-3H3,(H,13,16)(H,15,17);6,9H,4-5H2,1-3H3,(H,8,10);1H,(H2,2,3). The summed E-state index contributed by atoms with van der Waals surface area (Å²) in [4.78, 5) is 40.6. The summed E-state index contributed by atoms with van der Waals surface area (Å²) < 4.78 is 0. The fourth-order valence-electron chi connectivity index (χ4n) is 2.06. The summed E-state index contributed by atoms with van der Waals surface area (Å²) in [6.45, 7) is 14.4. The van der Waals surface area contributed by atoms with Crippen LogP contribution in [0.25, 0.3) is 0 Å². The number of rotatable bonds is 14. The van der Waals surface area contributed by atoms with Crippen molar-refractivity contribution in [1.29, 1.82) is 0 Å². The van der Waals surface area contributed by atoms with Gasteiger partial charge in [-0.15, -0.1) is 0 Å². The van der Waals surface area contributed by atoms with Gasteiger partial charge in [0.25, 0.3) is 0 Å². The second-order valence-electron chi connectivity index (χ2n) is 7.20. The van der Waals surface area contributed by atoms with E-state index in [2.05, 4.69) is 46.2 Å². The topological polar surface area (TPSA) is 154 Å². The number of unbranched alkanes of at least 4 members (excludes halogenated alkanes) is 1. The van der Waals surface area contributed by atoms with Crippen LogP contribution in [-0.2, 0) is 19.2 Å². The van der Waals surface area contributed by atoms with Gasteiger partial charge in [0, 0.05) is 24.7 Å². The number of nitrogens with one attached hydrogen (secondary N) is 5. The first-order valence-electron chi connectivity index (χ1n) is 10.5. The lowest BCUT2D eigenvalue weighted by atomic mass is 10.1. The highest BCUT2D eigenvalue weighted by Gasteiger charge is 2.06. The molecule has 0 heterocycles. The van der Waals surface area contributed by atoms with E-state index in [9.17, 15) is 14.4 Å². The van der Waals surface area contributed by atoms with Crippen molar-refractivity contribution in [3.8, 4) is 0 Å². The third-order valence-electron chi connectivity index (χ3n) is 3.41. The summed E-state index contributed by atoms with van der Waals surface area (Å²) in [7, 11) is 0. The van der Waals surface area contributed by atoms with Crippen LogP contribution in [0.1, 0.15) is 60.8 Å². The molecule has 0 aliphatic carbocycles. The molecule has 1 atom stereocenters. The third kappa shape index (κ3) is 33.4. The number of likely N-dealkylation sites (N-methyl/N-ethyl adjacent to an activating group) is 1. The van der Waals surface area contributed by atoms with Crippen molar-refractivity contribution in [3.63, 3.8) is 0 Å². The average Bonchev–Trinajstić information content (AvgIpc) is 2.65. The molecule has 0 bridgehead atoms. The molecule has 0 fully saturated rings. The molecule has 10 heteroatoms. The molecule has 0 spiro atoms. The van der Waals surface area contributed by atoms with E-state index in [0.29, 0.717) is 31.6 Å². The number of amides is 4. The third-order valence-corrected chi connectivity index (χ3v) is 3.41. The van der Waals surface area contributed by atoms with Gasteiger partial charge in [-0.3, -0.25) is 19.2 Å². The highest BCUT2D eigenvalue weighted by atomic mass is 16.2. The maximum absolute atomic E-state index is 11.2. The predicted molar refractivity (Wildman–Crippen MR) is 121 cm³/mol. The minimum absolute atomic E-state index is 0.0583. The van der Waals surface area contributed by atoms with Crippen LogP contribution in [0, 0.1) is 0 Å². The van der Waals surface area contributed by atoms with Gasteiger partial charge in [0.1, 0.15) is 0 Å². The number of hydrogen-bond acceptors (Lipinski definition) is 6. The fourth-order valence-corrected chi connectivity index (χ4v) is 2.06. The lowest BCUT2D eigenvalue weighted by molar-refractivity contribution is -0.122. The fraction of sp³-hybridized carbons (Fsp3) is 0.800. The van der Waals surface area contributed by atoms with E-state index < -0.39 is 0 Å². The molecule has 10 nitrogen and oxygen atoms in total. The van der Waals surface area contributed by atoms with E-state index in [1.807, 2.05) is 27.7 Å². The first kappa shape index (κ1) is 32.5. The Morgan fingerprint density at radius 2 is 1.47 bits per heavy atom. The van der Waals surface area contributed by atoms with Gasteiger partial charge in [-0.1, -0.05) is 34.1 Å². The van der Waals surface area contributed by atoms with E-state index in [-0.39, 0.29) is 30.8 Å². The van der Waals surface area contributed by atoms with E-state index >= 15 is 0 Å². The Morgan fingerprint density at radius 3 is 1.93 bits per heavy atom. The predicted octanol–water partition coefficient (Wildman–Crippen LogP) is -0.373. The van der Waals surface area contributed by atoms with Crippen molar-refractivity contribution in [2.45, 2.75) is 78.9 Å². The maximum Gasteiger partial charge on any atom is 0.239 e. The quantitative estimate of drug-likeness (QED) is 0.162. The van der Waals surface area contributed by atoms with E-state index in [1.54, 1.807) is 0 Å². The van der Waals surface area contributed by atoms with Crippen LogP contribution in [-0.4, -0.2) is 68.9 Å². The Hall–Kier alpha value is -2.20. The Morgan fingerprint density at radius 1 is 0.900 bits per heavy atom. The highest BCUT2D eigenvalue weighted by Crippen LogP contribution is 1.99. The zero-order chi connectivity index (χ0) is 23.8. The second kappa shape index (κ2) is 24.8. The van der Waals surface area contributed by atoms with Crippen LogP contribution in [0.2, 0.25) is 0 Å². The normalized spacial score (nSPS) is 10.7. The SMILES string of the molecule is CC(C)NCCCCC(C)NC(=O)CNC=O.CCNC(=O)CNC(C)C.NC=O. The Kier molecular flexibility index (Phi) is 26.9. The molecule has 7 N–H and O–H groups in total. The molecular formula is C20H44N6O4. The first-order chi connectivity index (χ1) is 14.1. The van der Waals surface area contributed by atoms with Gasteiger partial charge in [-0.05, 0) is 33.2 Å². The van der Waals surface area contributed by atoms with Crippen molar-refractivity contribution in [1.82, 2.24) is 26.6 Å². The highest BCUT2D eigenvalue weighted by molar-refractivity contribution is 5.80. The second-order valence-corrected chi connectivity index (χ2v) is 7.20. The van der Waals surface area contributed by atoms with E-state index in [1.165, 1.54) is 0 Å². The van der Waals surface area contributed by atoms with Crippen LogP contribution in [0.15, 0.2) is 0 Å². The summed E-state index contributed by atoms with van der Waals surface area (Å²) in [5, 5.41) is 14.2. The molecule has 0 aliphatic rings. The van der Waals surface area contributed by atoms with Gasteiger partial charge in [0.2, 0.25) is 24.6 Å². The number of hydrogen-bond donors (Lipinski definition) is 6. The molecule has 0 aromatic heterocycles. The van der Waals surface area contributed by atoms with Crippen LogP contribution >= 0.6 is 0 Å². The lowest BCUT2D eigenvalue weighted by Crippen LogP contribution is -2.38. The van der Waals surface area contributed by atoms with Gasteiger partial charge >= 0.3 is 0 Å². The van der Waals surface area contributed by atoms with E-state index in [0.717, 1.165) is 25.8 Å². The van der Waals surface area contributed by atoms with Crippen molar-refractivity contribution in [2.24, 2.45) is 5.73 Å². The summed E-state index contributed by atoms with van der Waals surface area (Å²) in [5.74, 6) is -0.0684. The monoisotopic (exact) mass is 432 g/mol. The van der Waals surface area contributed by atoms with Crippen molar-refractivity contribution < 1.29 is 19.2 Å². The van der Waals surface area contributed by atoms with Crippen LogP contribution < -0.4 is 32.3 Å². The summed E-state index contributed by atoms with van der Waals surface area (Å²) in [6.07, 6.45) is 3.95. The molecule has 0 rings (SSSR count). The molecule has 30 heavy (non-hydrogen) atoms. The van der Waals surface area contributed by atoms with Crippen LogP contribution in [0.5, 0.6) is 0 Å². The Labute approximate surface area is 181 Å². The molecule has 178 valence electrons. The average molecular weight is 433 g/mol. The smallest absolute Gasteiger partial charge is 0.239 e. The van der Waals surface area contributed by atoms with Gasteiger partial charge in [0.15, 0.2) is 0 Å². The number of carbonyl (C=O) groups is 4. The minimum Gasteiger partial charge on any atom is -0.372 e. The van der Waals surface area contributed by atoms with Crippen molar-refractivity contribution in [2.75, 3.05) is 26.2 Å². The van der Waals surface area contributed by atoms with Gasteiger partial charge < -0.3 is 32.3 Å². The molecule has 0 aliphatic heterocycles. The molecule has 1 unspecified atom stereocenters. The molecule has 0 aromatic carbocycles. The molecule has 4 amide bonds. The lowest BCUT2D eigenvalue weighted by Gasteiger charge is -2.14. The maximum atomic E-state index is 11.2. The zero-order valence-electron chi connectivity index (χ0n) is 19.5. The van der Waals surface area contributed by atoms with Gasteiger partial charge in [0.05, 0.1) is 13.1 Å². The Balaban J connectivity index is -0.000000474. The van der Waals surface area contributed by atoms with Crippen LogP contribution in [0.4, 0.5) is 0 Å². The van der Waals surface area contributed by atoms with Crippen LogP contribution in [0.3, 0.4) is 0 Å². The summed E-state index contributed by atoms with van der Waals surface area (Å²) >= 11 is 0. The largest absolute Gasteiger partial charge is 0.372 e. The molecule has 0 aromatic rings. The molecule has 0 saturated carbocycles. The van der Waals surface area contributed by atoms with E-state index in [4.69, 9.17) is 4.79 Å². The summed E-state index contributed by atoms with van der Waals surface area (Å²) in [6, 6.07) is 1.07. The van der Waals surface area contributed by atoms with Crippen molar-refractivity contribution >= 4 is 24.6 Å². The number of nitrogens with two attached hydrogens (primary N) is 1. The molecular weight excluding hydrogens is 388 g/mol. The zero-order valence-corrected chi connectivity index (χ0v) is 19.5. The summed E-state index contributed by atoms with van der Waals surface area (Å²) in [5.41, 5.74) is 4.17. The molecule has 0 radical (unpaired) electrons. The Bertz CT molecular complexity index is 434. The minimum atomic E-state index is -0.134. The van der Waals surface area contributed by atoms with Crippen molar-refractivity contribution in [3.05, 3.63) is 0 Å². The number of primary amides is 1. The number of carbonyl (C=O) groups excluding carboxylic acids is 4.